The van der Waals surface area contributed by atoms with Crippen LogP contribution < -0.4 is 5.32 Å². The summed E-state index contributed by atoms with van der Waals surface area (Å²) in [7, 11) is 0. The van der Waals surface area contributed by atoms with Crippen LogP contribution in [-0.2, 0) is 20.9 Å². The highest BCUT2D eigenvalue weighted by atomic mass is 16.5. The number of hydrogen-bond acceptors (Lipinski definition) is 4. The lowest BCUT2D eigenvalue weighted by atomic mass is 10.2. The number of alkyl carbamates (subject to hydrolysis) is 1. The van der Waals surface area contributed by atoms with Crippen LogP contribution in [0.5, 0.6) is 0 Å². The Bertz CT molecular complexity index is 421. The van der Waals surface area contributed by atoms with Gasteiger partial charge in [-0.3, -0.25) is 4.79 Å². The molecule has 110 valence electrons. The topological polar surface area (TPSA) is 84.9 Å². The van der Waals surface area contributed by atoms with Crippen molar-refractivity contribution in [3.8, 4) is 0 Å². The minimum atomic E-state index is -1.00. The first-order valence-corrected chi connectivity index (χ1v) is 6.38. The van der Waals surface area contributed by atoms with Gasteiger partial charge in [0.1, 0.15) is 6.61 Å². The second-order valence-electron chi connectivity index (χ2n) is 4.16. The van der Waals surface area contributed by atoms with Gasteiger partial charge in [0.15, 0.2) is 0 Å². The fourth-order valence-corrected chi connectivity index (χ4v) is 1.55. The van der Waals surface area contributed by atoms with E-state index < -0.39 is 18.1 Å². The summed E-state index contributed by atoms with van der Waals surface area (Å²) in [6, 6.07) is 8.63. The summed E-state index contributed by atoms with van der Waals surface area (Å²) in [5, 5.41) is 11.2. The molecule has 0 fully saturated rings. The van der Waals surface area contributed by atoms with Crippen molar-refractivity contribution >= 4 is 12.1 Å². The van der Waals surface area contributed by atoms with Crippen LogP contribution in [0.25, 0.3) is 0 Å². The highest BCUT2D eigenvalue weighted by Crippen LogP contribution is 2.01. The van der Waals surface area contributed by atoms with E-state index in [4.69, 9.17) is 14.6 Å². The van der Waals surface area contributed by atoms with Gasteiger partial charge in [-0.1, -0.05) is 30.3 Å². The van der Waals surface area contributed by atoms with Gasteiger partial charge in [0, 0.05) is 6.61 Å². The van der Waals surface area contributed by atoms with E-state index in [-0.39, 0.29) is 19.6 Å². The Morgan fingerprint density at radius 3 is 2.60 bits per heavy atom. The number of benzene rings is 1. The average molecular weight is 281 g/mol. The van der Waals surface area contributed by atoms with Gasteiger partial charge < -0.3 is 19.9 Å². The van der Waals surface area contributed by atoms with Crippen LogP contribution in [0.2, 0.25) is 0 Å². The number of carboxylic acids is 1. The first kappa shape index (κ1) is 16.0. The molecule has 0 aliphatic heterocycles. The van der Waals surface area contributed by atoms with Crippen LogP contribution in [0.4, 0.5) is 4.79 Å². The molecule has 1 aromatic carbocycles. The van der Waals surface area contributed by atoms with Gasteiger partial charge >= 0.3 is 12.1 Å². The Hall–Kier alpha value is -2.08. The summed E-state index contributed by atoms with van der Waals surface area (Å²) < 4.78 is 10.1. The highest BCUT2D eigenvalue weighted by Gasteiger charge is 2.16. The third-order valence-corrected chi connectivity index (χ3v) is 2.48. The number of amides is 1. The van der Waals surface area contributed by atoms with E-state index >= 15 is 0 Å². The predicted molar refractivity (Wildman–Crippen MR) is 72.3 cm³/mol. The molecule has 0 bridgehead atoms. The van der Waals surface area contributed by atoms with Gasteiger partial charge in [0.25, 0.3) is 0 Å². The average Bonchev–Trinajstić information content (AvgIpc) is 2.43. The molecule has 1 rings (SSSR count). The maximum atomic E-state index is 11.6. The van der Waals surface area contributed by atoms with Crippen molar-refractivity contribution in [1.29, 1.82) is 0 Å². The fourth-order valence-electron chi connectivity index (χ4n) is 1.55. The smallest absolute Gasteiger partial charge is 0.407 e. The summed E-state index contributed by atoms with van der Waals surface area (Å²) in [6.07, 6.45) is -0.861. The van der Waals surface area contributed by atoms with Gasteiger partial charge in [-0.05, 0) is 12.5 Å². The third kappa shape index (κ3) is 6.75. The number of aliphatic carboxylic acids is 1. The number of nitrogens with one attached hydrogen (secondary N) is 1. The number of ether oxygens (including phenoxy) is 2. The molecule has 1 aromatic rings. The molecule has 6 nitrogen and oxygen atoms in total. The zero-order valence-corrected chi connectivity index (χ0v) is 11.4. The van der Waals surface area contributed by atoms with E-state index in [1.807, 2.05) is 30.3 Å². The second kappa shape index (κ2) is 8.92. The quantitative estimate of drug-likeness (QED) is 0.759. The molecule has 0 aromatic heterocycles. The second-order valence-corrected chi connectivity index (χ2v) is 4.16. The molecule has 0 spiro atoms. The van der Waals surface area contributed by atoms with Crippen LogP contribution in [0.3, 0.4) is 0 Å². The van der Waals surface area contributed by atoms with Crippen molar-refractivity contribution in [2.75, 3.05) is 13.2 Å². The number of carbonyl (C=O) groups is 2. The summed E-state index contributed by atoms with van der Waals surface area (Å²) in [5.74, 6) is -1.00. The first-order valence-electron chi connectivity index (χ1n) is 6.38. The molecule has 0 saturated carbocycles. The molecule has 0 radical (unpaired) electrons. The van der Waals surface area contributed by atoms with Crippen molar-refractivity contribution in [2.45, 2.75) is 26.0 Å². The van der Waals surface area contributed by atoms with Crippen LogP contribution in [0.15, 0.2) is 30.3 Å². The van der Waals surface area contributed by atoms with Crippen molar-refractivity contribution in [2.24, 2.45) is 0 Å². The summed E-state index contributed by atoms with van der Waals surface area (Å²) in [6.45, 7) is 2.53. The van der Waals surface area contributed by atoms with Gasteiger partial charge in [-0.15, -0.1) is 0 Å². The van der Waals surface area contributed by atoms with Crippen molar-refractivity contribution in [3.63, 3.8) is 0 Å². The van der Waals surface area contributed by atoms with Crippen LogP contribution in [0, 0.1) is 0 Å². The molecule has 20 heavy (non-hydrogen) atoms. The maximum Gasteiger partial charge on any atom is 0.407 e. The lowest BCUT2D eigenvalue weighted by molar-refractivity contribution is -0.137. The van der Waals surface area contributed by atoms with Crippen LogP contribution >= 0.6 is 0 Å². The Morgan fingerprint density at radius 2 is 2.00 bits per heavy atom. The molecule has 2 N–H and O–H groups in total. The molecular formula is C14H19NO5. The first-order chi connectivity index (χ1) is 9.61. The minimum absolute atomic E-state index is 0.140. The largest absolute Gasteiger partial charge is 0.481 e. The lowest BCUT2D eigenvalue weighted by Crippen LogP contribution is -2.40. The minimum Gasteiger partial charge on any atom is -0.481 e. The lowest BCUT2D eigenvalue weighted by Gasteiger charge is -2.16. The number of carbonyl (C=O) groups excluding carboxylic acids is 1. The van der Waals surface area contributed by atoms with Gasteiger partial charge in [-0.25, -0.2) is 4.79 Å². The summed E-state index contributed by atoms with van der Waals surface area (Å²) in [5.41, 5.74) is 0.863. The Kier molecular flexibility index (Phi) is 7.13. The molecule has 1 atom stereocenters. The molecule has 6 heteroatoms. The van der Waals surface area contributed by atoms with Crippen molar-refractivity contribution < 1.29 is 24.2 Å². The number of hydrogen-bond donors (Lipinski definition) is 2. The molecule has 0 unspecified atom stereocenters. The Morgan fingerprint density at radius 1 is 1.30 bits per heavy atom. The monoisotopic (exact) mass is 281 g/mol. The van der Waals surface area contributed by atoms with Crippen LogP contribution in [0.1, 0.15) is 18.9 Å². The molecule has 0 aliphatic carbocycles. The Labute approximate surface area is 117 Å². The number of carboxylic acid groups (broad SMARTS) is 1. The number of rotatable bonds is 8. The molecule has 1 amide bonds. The van der Waals surface area contributed by atoms with E-state index in [0.717, 1.165) is 5.56 Å². The fraction of sp³-hybridized carbons (Fsp3) is 0.429. The van der Waals surface area contributed by atoms with Gasteiger partial charge in [0.05, 0.1) is 19.1 Å². The zero-order chi connectivity index (χ0) is 14.8. The van der Waals surface area contributed by atoms with E-state index in [0.29, 0.717) is 6.61 Å². The van der Waals surface area contributed by atoms with E-state index in [2.05, 4.69) is 5.32 Å². The van der Waals surface area contributed by atoms with E-state index in [9.17, 15) is 9.59 Å². The van der Waals surface area contributed by atoms with Crippen molar-refractivity contribution in [3.05, 3.63) is 35.9 Å². The summed E-state index contributed by atoms with van der Waals surface area (Å²) >= 11 is 0. The standard InChI is InChI=1S/C14H19NO5/c1-2-19-10-12(8-13(16)17)15-14(18)20-9-11-6-4-3-5-7-11/h3-7,12H,2,8-10H2,1H3,(H,15,18)(H,16,17)/t12-/m1/s1. The van der Waals surface area contributed by atoms with Crippen LogP contribution in [-0.4, -0.2) is 36.4 Å². The zero-order valence-electron chi connectivity index (χ0n) is 11.4. The van der Waals surface area contributed by atoms with E-state index in [1.165, 1.54) is 0 Å². The normalized spacial score (nSPS) is 11.7. The molecule has 0 heterocycles. The van der Waals surface area contributed by atoms with Gasteiger partial charge in [0.2, 0.25) is 0 Å². The molecular weight excluding hydrogens is 262 g/mol. The third-order valence-electron chi connectivity index (χ3n) is 2.48. The molecule has 0 aliphatic rings. The SMILES string of the molecule is CCOC[C@@H](CC(=O)O)NC(=O)OCc1ccccc1. The molecule has 0 saturated heterocycles. The van der Waals surface area contributed by atoms with E-state index in [1.54, 1.807) is 6.92 Å². The predicted octanol–water partition coefficient (Wildman–Crippen LogP) is 1.79. The van der Waals surface area contributed by atoms with Crippen molar-refractivity contribution in [1.82, 2.24) is 5.32 Å². The maximum absolute atomic E-state index is 11.6. The summed E-state index contributed by atoms with van der Waals surface area (Å²) in [4.78, 5) is 22.3. The van der Waals surface area contributed by atoms with Gasteiger partial charge in [-0.2, -0.15) is 0 Å². The Balaban J connectivity index is 2.38. The highest BCUT2D eigenvalue weighted by molar-refractivity contribution is 5.71.